The van der Waals surface area contributed by atoms with Crippen LogP contribution in [0, 0.1) is 0 Å². The number of hydrogen-bond donors (Lipinski definition) is 2. The van der Waals surface area contributed by atoms with Crippen molar-refractivity contribution in [2.75, 3.05) is 18.6 Å². The lowest BCUT2D eigenvalue weighted by Gasteiger charge is -2.10. The third-order valence-corrected chi connectivity index (χ3v) is 3.97. The van der Waals surface area contributed by atoms with Crippen LogP contribution in [0.2, 0.25) is 0 Å². The molecule has 0 amide bonds. The van der Waals surface area contributed by atoms with Crippen molar-refractivity contribution >= 4 is 22.5 Å². The highest BCUT2D eigenvalue weighted by Gasteiger charge is 2.05. The first-order valence-electron chi connectivity index (χ1n) is 6.72. The molecule has 0 heterocycles. The fourth-order valence-electron chi connectivity index (χ4n) is 2.22. The van der Waals surface area contributed by atoms with Gasteiger partial charge in [0.15, 0.2) is 0 Å². The van der Waals surface area contributed by atoms with Gasteiger partial charge in [-0.2, -0.15) is 11.8 Å². The number of unbranched alkanes of at least 4 members (excludes halogenated alkanes) is 1. The van der Waals surface area contributed by atoms with E-state index in [0.29, 0.717) is 5.75 Å². The number of aromatic hydroxyl groups is 1. The van der Waals surface area contributed by atoms with Crippen molar-refractivity contribution in [3.05, 3.63) is 42.0 Å². The predicted octanol–water partition coefficient (Wildman–Crippen LogP) is 3.78. The summed E-state index contributed by atoms with van der Waals surface area (Å²) in [7, 11) is 0. The van der Waals surface area contributed by atoms with Crippen LogP contribution in [0.4, 0.5) is 0 Å². The lowest BCUT2D eigenvalue weighted by atomic mass is 10.0. The maximum Gasteiger partial charge on any atom is 0.120 e. The number of benzene rings is 2. The lowest BCUT2D eigenvalue weighted by Crippen LogP contribution is -2.15. The van der Waals surface area contributed by atoms with Crippen LogP contribution >= 0.6 is 11.8 Å². The maximum atomic E-state index is 10.0. The summed E-state index contributed by atoms with van der Waals surface area (Å²) in [6.45, 7) is 1.73. The Bertz CT molecular complexity index is 527. The van der Waals surface area contributed by atoms with E-state index in [4.69, 9.17) is 0 Å². The van der Waals surface area contributed by atoms with E-state index in [0.717, 1.165) is 24.0 Å². The number of thioether (sulfide) groups is 1. The summed E-state index contributed by atoms with van der Waals surface area (Å²) in [5, 5.41) is 15.7. The molecule has 2 aromatic carbocycles. The number of rotatable bonds is 7. The average molecular weight is 275 g/mol. The van der Waals surface area contributed by atoms with Crippen LogP contribution in [0.15, 0.2) is 36.4 Å². The van der Waals surface area contributed by atoms with Gasteiger partial charge in [-0.05, 0) is 48.2 Å². The van der Waals surface area contributed by atoms with E-state index in [1.54, 1.807) is 6.07 Å². The van der Waals surface area contributed by atoms with Crippen molar-refractivity contribution in [3.8, 4) is 5.75 Å². The Morgan fingerprint density at radius 1 is 1.11 bits per heavy atom. The summed E-state index contributed by atoms with van der Waals surface area (Å²) in [6.07, 6.45) is 4.57. The third kappa shape index (κ3) is 3.88. The van der Waals surface area contributed by atoms with Crippen molar-refractivity contribution in [3.63, 3.8) is 0 Å². The second-order valence-electron chi connectivity index (χ2n) is 4.66. The van der Waals surface area contributed by atoms with Crippen molar-refractivity contribution in [1.82, 2.24) is 5.32 Å². The Hall–Kier alpha value is -1.19. The molecule has 0 aliphatic carbocycles. The topological polar surface area (TPSA) is 32.3 Å². The van der Waals surface area contributed by atoms with Crippen LogP contribution in [-0.2, 0) is 6.54 Å². The van der Waals surface area contributed by atoms with Gasteiger partial charge >= 0.3 is 0 Å². The summed E-state index contributed by atoms with van der Waals surface area (Å²) >= 11 is 1.89. The zero-order valence-electron chi connectivity index (χ0n) is 11.4. The van der Waals surface area contributed by atoms with Gasteiger partial charge < -0.3 is 10.4 Å². The summed E-state index contributed by atoms with van der Waals surface area (Å²) in [5.74, 6) is 1.61. The first-order chi connectivity index (χ1) is 9.33. The number of phenolic OH excluding ortho intramolecular Hbond substituents is 1. The molecule has 0 unspecified atom stereocenters. The van der Waals surface area contributed by atoms with Gasteiger partial charge in [0.05, 0.1) is 0 Å². The lowest BCUT2D eigenvalue weighted by molar-refractivity contribution is 0.465. The molecule has 2 rings (SSSR count). The van der Waals surface area contributed by atoms with E-state index < -0.39 is 0 Å². The van der Waals surface area contributed by atoms with Crippen LogP contribution in [0.3, 0.4) is 0 Å². The molecule has 0 saturated heterocycles. The van der Waals surface area contributed by atoms with Crippen LogP contribution in [-0.4, -0.2) is 23.7 Å². The van der Waals surface area contributed by atoms with Gasteiger partial charge in [-0.15, -0.1) is 0 Å². The largest absolute Gasteiger partial charge is 0.508 e. The predicted molar refractivity (Wildman–Crippen MR) is 84.9 cm³/mol. The monoisotopic (exact) mass is 275 g/mol. The standard InChI is InChI=1S/C16H21NOS/c1-19-11-5-4-10-17-12-15-14-7-3-2-6-13(14)8-9-16(15)18/h2-3,6-9,17-18H,4-5,10-12H2,1H3. The molecule has 3 heteroatoms. The maximum absolute atomic E-state index is 10.0. The quantitative estimate of drug-likeness (QED) is 0.754. The number of nitrogens with one attached hydrogen (secondary N) is 1. The molecular weight excluding hydrogens is 254 g/mol. The van der Waals surface area contributed by atoms with E-state index in [-0.39, 0.29) is 0 Å². The highest BCUT2D eigenvalue weighted by Crippen LogP contribution is 2.26. The Balaban J connectivity index is 1.98. The summed E-state index contributed by atoms with van der Waals surface area (Å²) < 4.78 is 0. The minimum Gasteiger partial charge on any atom is -0.508 e. The fraction of sp³-hybridized carbons (Fsp3) is 0.375. The smallest absolute Gasteiger partial charge is 0.120 e. The van der Waals surface area contributed by atoms with E-state index in [1.165, 1.54) is 24.0 Å². The van der Waals surface area contributed by atoms with Gasteiger partial charge in [-0.3, -0.25) is 0 Å². The molecule has 19 heavy (non-hydrogen) atoms. The van der Waals surface area contributed by atoms with Crippen molar-refractivity contribution in [2.45, 2.75) is 19.4 Å². The Kier molecular flexibility index (Phi) is 5.55. The minimum atomic E-state index is 0.385. The Morgan fingerprint density at radius 2 is 1.95 bits per heavy atom. The first-order valence-corrected chi connectivity index (χ1v) is 8.11. The van der Waals surface area contributed by atoms with Crippen molar-refractivity contribution in [1.29, 1.82) is 0 Å². The van der Waals surface area contributed by atoms with E-state index in [9.17, 15) is 5.11 Å². The Labute approximate surface area is 119 Å². The molecule has 0 fully saturated rings. The fourth-order valence-corrected chi connectivity index (χ4v) is 2.71. The molecule has 0 aromatic heterocycles. The normalized spacial score (nSPS) is 11.0. The molecule has 0 saturated carbocycles. The van der Waals surface area contributed by atoms with Gasteiger partial charge in [0.1, 0.15) is 5.75 Å². The molecule has 0 aliphatic heterocycles. The molecule has 2 nitrogen and oxygen atoms in total. The SMILES string of the molecule is CSCCCCNCc1c(O)ccc2ccccc12. The van der Waals surface area contributed by atoms with E-state index in [1.807, 2.05) is 30.0 Å². The van der Waals surface area contributed by atoms with E-state index >= 15 is 0 Å². The van der Waals surface area contributed by atoms with E-state index in [2.05, 4.69) is 23.7 Å². The second kappa shape index (κ2) is 7.41. The summed E-state index contributed by atoms with van der Waals surface area (Å²) in [4.78, 5) is 0. The molecule has 0 aliphatic rings. The molecule has 102 valence electrons. The van der Waals surface area contributed by atoms with Crippen molar-refractivity contribution in [2.24, 2.45) is 0 Å². The van der Waals surface area contributed by atoms with Crippen LogP contribution in [0.25, 0.3) is 10.8 Å². The average Bonchev–Trinajstić information content (AvgIpc) is 2.44. The molecule has 0 spiro atoms. The van der Waals surface area contributed by atoms with Gasteiger partial charge in [0.2, 0.25) is 0 Å². The highest BCUT2D eigenvalue weighted by molar-refractivity contribution is 7.98. The molecule has 0 bridgehead atoms. The Morgan fingerprint density at radius 3 is 2.79 bits per heavy atom. The van der Waals surface area contributed by atoms with Gasteiger partial charge in [0, 0.05) is 12.1 Å². The number of fused-ring (bicyclic) bond motifs is 1. The van der Waals surface area contributed by atoms with Crippen LogP contribution < -0.4 is 5.32 Å². The zero-order valence-corrected chi connectivity index (χ0v) is 12.2. The van der Waals surface area contributed by atoms with Crippen molar-refractivity contribution < 1.29 is 5.11 Å². The number of phenols is 1. The second-order valence-corrected chi connectivity index (χ2v) is 5.65. The molecule has 2 aromatic rings. The highest BCUT2D eigenvalue weighted by atomic mass is 32.2. The molecular formula is C16H21NOS. The molecule has 0 atom stereocenters. The molecule has 0 radical (unpaired) electrons. The van der Waals surface area contributed by atoms with Gasteiger partial charge in [0.25, 0.3) is 0 Å². The first kappa shape index (κ1) is 14.2. The van der Waals surface area contributed by atoms with Crippen LogP contribution in [0.1, 0.15) is 18.4 Å². The van der Waals surface area contributed by atoms with Gasteiger partial charge in [-0.1, -0.05) is 30.3 Å². The summed E-state index contributed by atoms with van der Waals surface area (Å²) in [6, 6.07) is 11.9. The summed E-state index contributed by atoms with van der Waals surface area (Å²) in [5.41, 5.74) is 1.00. The van der Waals surface area contributed by atoms with Crippen LogP contribution in [0.5, 0.6) is 5.75 Å². The third-order valence-electron chi connectivity index (χ3n) is 3.27. The van der Waals surface area contributed by atoms with Gasteiger partial charge in [-0.25, -0.2) is 0 Å². The minimum absolute atomic E-state index is 0.385. The number of hydrogen-bond acceptors (Lipinski definition) is 3. The molecule has 2 N–H and O–H groups in total. The zero-order chi connectivity index (χ0) is 13.5.